The number of alkyl halides is 3. The topological polar surface area (TPSA) is 51.7 Å². The highest BCUT2D eigenvalue weighted by atomic mass is 35.5. The van der Waals surface area contributed by atoms with E-state index in [-0.39, 0.29) is 28.9 Å². The van der Waals surface area contributed by atoms with Crippen molar-refractivity contribution in [2.24, 2.45) is 0 Å². The molecule has 0 unspecified atom stereocenters. The smallest absolute Gasteiger partial charge is 0.416 e. The largest absolute Gasteiger partial charge is 0.496 e. The van der Waals surface area contributed by atoms with E-state index >= 15 is 0 Å². The van der Waals surface area contributed by atoms with Crippen molar-refractivity contribution in [3.63, 3.8) is 0 Å². The van der Waals surface area contributed by atoms with Crippen molar-refractivity contribution in [2.75, 3.05) is 7.11 Å². The number of benzene rings is 2. The Bertz CT molecular complexity index is 1330. The molecule has 4 rings (SSSR count). The van der Waals surface area contributed by atoms with Crippen LogP contribution in [-0.4, -0.2) is 29.1 Å². The molecule has 0 N–H and O–H groups in total. The summed E-state index contributed by atoms with van der Waals surface area (Å²) in [5.41, 5.74) is 1.18. The molecule has 0 spiro atoms. The van der Waals surface area contributed by atoms with Crippen LogP contribution in [0, 0.1) is 5.82 Å². The first-order chi connectivity index (χ1) is 17.4. The summed E-state index contributed by atoms with van der Waals surface area (Å²) in [5, 5.41) is 0.226. The van der Waals surface area contributed by atoms with Gasteiger partial charge in [0.25, 0.3) is 0 Å². The van der Waals surface area contributed by atoms with Gasteiger partial charge in [0.1, 0.15) is 22.8 Å². The molecule has 2 atom stereocenters. The molecule has 0 saturated carbocycles. The Morgan fingerprint density at radius 2 is 1.86 bits per heavy atom. The van der Waals surface area contributed by atoms with Crippen LogP contribution in [0.4, 0.5) is 22.4 Å². The fourth-order valence-electron chi connectivity index (χ4n) is 4.49. The molecule has 196 valence electrons. The zero-order chi connectivity index (χ0) is 27.1. The minimum atomic E-state index is -4.60. The third-order valence-electron chi connectivity index (χ3n) is 6.48. The summed E-state index contributed by atoms with van der Waals surface area (Å²) < 4.78 is 66.6. The van der Waals surface area contributed by atoms with Crippen LogP contribution in [-0.2, 0) is 17.5 Å². The van der Waals surface area contributed by atoms with E-state index in [2.05, 4.69) is 4.98 Å². The summed E-state index contributed by atoms with van der Waals surface area (Å²) in [5.74, 6) is -0.479. The number of rotatable bonds is 6. The standard InChI is InChI=1S/C27H25ClF4N2O3/c1-14(2)20-11-21(23(36-4)12-22(20)29)19-6-5-18(27(30,31)32)9-17(19)13-34-15(3)25(37-26(34)35)16-7-8-33-24(28)10-16/h5-12,14-15,25H,13H2,1-4H3/t15-,25-/m0/s1. The maximum atomic E-state index is 14.7. The highest BCUT2D eigenvalue weighted by Crippen LogP contribution is 2.41. The van der Waals surface area contributed by atoms with E-state index < -0.39 is 35.8 Å². The van der Waals surface area contributed by atoms with Gasteiger partial charge in [-0.15, -0.1) is 0 Å². The van der Waals surface area contributed by atoms with Crippen LogP contribution in [0.25, 0.3) is 11.1 Å². The summed E-state index contributed by atoms with van der Waals surface area (Å²) in [6.07, 6.45) is -4.48. The summed E-state index contributed by atoms with van der Waals surface area (Å²) in [6.45, 7) is 5.20. The lowest BCUT2D eigenvalue weighted by atomic mass is 9.92. The summed E-state index contributed by atoms with van der Waals surface area (Å²) >= 11 is 5.99. The van der Waals surface area contributed by atoms with Gasteiger partial charge in [-0.25, -0.2) is 14.2 Å². The molecule has 1 amide bonds. The van der Waals surface area contributed by atoms with Crippen LogP contribution >= 0.6 is 11.6 Å². The number of hydrogen-bond donors (Lipinski definition) is 0. The Balaban J connectivity index is 1.80. The number of carbonyl (C=O) groups is 1. The number of nitrogens with zero attached hydrogens (tertiary/aromatic N) is 2. The normalized spacial score (nSPS) is 17.9. The van der Waals surface area contributed by atoms with Gasteiger partial charge in [0, 0.05) is 17.8 Å². The molecule has 0 radical (unpaired) electrons. The lowest BCUT2D eigenvalue weighted by Gasteiger charge is -2.24. The summed E-state index contributed by atoms with van der Waals surface area (Å²) in [4.78, 5) is 18.1. The quantitative estimate of drug-likeness (QED) is 0.238. The Labute approximate surface area is 217 Å². The predicted molar refractivity (Wildman–Crippen MR) is 131 cm³/mol. The number of aromatic nitrogens is 1. The van der Waals surface area contributed by atoms with Crippen LogP contribution in [0.1, 0.15) is 55.0 Å². The van der Waals surface area contributed by atoms with Crippen LogP contribution < -0.4 is 4.74 Å². The second kappa shape index (κ2) is 10.2. The predicted octanol–water partition coefficient (Wildman–Crippen LogP) is 7.77. The second-order valence-electron chi connectivity index (χ2n) is 9.18. The minimum absolute atomic E-state index is 0.171. The molecule has 0 bridgehead atoms. The number of cyclic esters (lactones) is 1. The van der Waals surface area contributed by atoms with E-state index in [1.165, 1.54) is 30.3 Å². The molecular weight excluding hydrogens is 512 g/mol. The van der Waals surface area contributed by atoms with E-state index in [1.807, 2.05) is 13.8 Å². The van der Waals surface area contributed by atoms with Gasteiger partial charge in [0.15, 0.2) is 0 Å². The summed E-state index contributed by atoms with van der Waals surface area (Å²) in [7, 11) is 1.36. The first-order valence-electron chi connectivity index (χ1n) is 11.6. The lowest BCUT2D eigenvalue weighted by Crippen LogP contribution is -2.31. The molecule has 1 aromatic heterocycles. The first kappa shape index (κ1) is 26.7. The molecule has 10 heteroatoms. The zero-order valence-electron chi connectivity index (χ0n) is 20.6. The molecular formula is C27H25ClF4N2O3. The molecule has 3 aromatic rings. The number of hydrogen-bond acceptors (Lipinski definition) is 4. The van der Waals surface area contributed by atoms with Gasteiger partial charge in [-0.3, -0.25) is 4.90 Å². The Hall–Kier alpha value is -3.33. The highest BCUT2D eigenvalue weighted by Gasteiger charge is 2.40. The molecule has 2 heterocycles. The second-order valence-corrected chi connectivity index (χ2v) is 9.57. The van der Waals surface area contributed by atoms with Crippen LogP contribution in [0.2, 0.25) is 5.15 Å². The molecule has 1 aliphatic heterocycles. The van der Waals surface area contributed by atoms with Crippen molar-refractivity contribution in [1.29, 1.82) is 0 Å². The van der Waals surface area contributed by atoms with Crippen molar-refractivity contribution in [3.8, 4) is 16.9 Å². The minimum Gasteiger partial charge on any atom is -0.496 e. The first-order valence-corrected chi connectivity index (χ1v) is 11.9. The van der Waals surface area contributed by atoms with Gasteiger partial charge in [-0.05, 0) is 65.4 Å². The fraction of sp³-hybridized carbons (Fsp3) is 0.333. The Morgan fingerprint density at radius 3 is 2.49 bits per heavy atom. The van der Waals surface area contributed by atoms with Gasteiger partial charge in [0.05, 0.1) is 25.3 Å². The van der Waals surface area contributed by atoms with E-state index in [0.717, 1.165) is 12.1 Å². The van der Waals surface area contributed by atoms with Crippen molar-refractivity contribution in [1.82, 2.24) is 9.88 Å². The molecule has 1 fully saturated rings. The van der Waals surface area contributed by atoms with Crippen molar-refractivity contribution >= 4 is 17.7 Å². The van der Waals surface area contributed by atoms with Crippen molar-refractivity contribution < 1.29 is 31.8 Å². The lowest BCUT2D eigenvalue weighted by molar-refractivity contribution is -0.137. The van der Waals surface area contributed by atoms with Crippen LogP contribution in [0.5, 0.6) is 5.75 Å². The summed E-state index contributed by atoms with van der Waals surface area (Å²) in [6, 6.07) is 8.82. The molecule has 0 aliphatic carbocycles. The van der Waals surface area contributed by atoms with E-state index in [4.69, 9.17) is 21.1 Å². The fourth-order valence-corrected chi connectivity index (χ4v) is 4.68. The number of methoxy groups -OCH3 is 1. The third kappa shape index (κ3) is 5.37. The van der Waals surface area contributed by atoms with E-state index in [1.54, 1.807) is 25.1 Å². The number of halogens is 5. The van der Waals surface area contributed by atoms with Crippen LogP contribution in [0.3, 0.4) is 0 Å². The average Bonchev–Trinajstić information content (AvgIpc) is 3.11. The van der Waals surface area contributed by atoms with Crippen molar-refractivity contribution in [2.45, 2.75) is 51.6 Å². The van der Waals surface area contributed by atoms with E-state index in [0.29, 0.717) is 22.3 Å². The SMILES string of the molecule is COc1cc(F)c(C(C)C)cc1-c1ccc(C(F)(F)F)cc1CN1C(=O)O[C@H](c2ccnc(Cl)c2)[C@@H]1C. The van der Waals surface area contributed by atoms with Crippen LogP contribution in [0.15, 0.2) is 48.7 Å². The Morgan fingerprint density at radius 1 is 1.14 bits per heavy atom. The maximum absolute atomic E-state index is 14.7. The third-order valence-corrected chi connectivity index (χ3v) is 6.68. The molecule has 2 aromatic carbocycles. The molecule has 1 aliphatic rings. The maximum Gasteiger partial charge on any atom is 0.416 e. The van der Waals surface area contributed by atoms with Gasteiger partial charge < -0.3 is 9.47 Å². The number of ether oxygens (including phenoxy) is 2. The number of carbonyl (C=O) groups excluding carboxylic acids is 1. The van der Waals surface area contributed by atoms with Crippen molar-refractivity contribution in [3.05, 3.63) is 81.9 Å². The van der Waals surface area contributed by atoms with Gasteiger partial charge in [0.2, 0.25) is 0 Å². The molecule has 37 heavy (non-hydrogen) atoms. The number of pyridine rings is 1. The zero-order valence-corrected chi connectivity index (χ0v) is 21.3. The van der Waals surface area contributed by atoms with E-state index in [9.17, 15) is 22.4 Å². The highest BCUT2D eigenvalue weighted by molar-refractivity contribution is 6.29. The average molecular weight is 537 g/mol. The molecule has 5 nitrogen and oxygen atoms in total. The Kier molecular flexibility index (Phi) is 7.37. The van der Waals surface area contributed by atoms with Gasteiger partial charge in [-0.2, -0.15) is 13.2 Å². The van der Waals surface area contributed by atoms with Gasteiger partial charge >= 0.3 is 12.3 Å². The monoisotopic (exact) mass is 536 g/mol. The van der Waals surface area contributed by atoms with Gasteiger partial charge in [-0.1, -0.05) is 31.5 Å². The number of amides is 1. The molecule has 1 saturated heterocycles.